The molecule has 152 valence electrons. The first-order valence-electron chi connectivity index (χ1n) is 7.87. The number of nitrogens with zero attached hydrogens (tertiary/aromatic N) is 3. The van der Waals surface area contributed by atoms with Crippen molar-refractivity contribution in [3.8, 4) is 0 Å². The van der Waals surface area contributed by atoms with Crippen LogP contribution in [0.1, 0.15) is 25.8 Å². The number of carbonyl (C=O) groups is 1. The predicted octanol–water partition coefficient (Wildman–Crippen LogP) is 5.85. The molecule has 2 unspecified atom stereocenters. The third-order valence-corrected chi connectivity index (χ3v) is 4.88. The van der Waals surface area contributed by atoms with Crippen LogP contribution in [0.2, 0.25) is 0 Å². The first kappa shape index (κ1) is 22.0. The van der Waals surface area contributed by atoms with Crippen molar-refractivity contribution in [2.45, 2.75) is 49.1 Å². The second kappa shape index (κ2) is 7.62. The van der Waals surface area contributed by atoms with Crippen molar-refractivity contribution < 1.29 is 31.1 Å². The van der Waals surface area contributed by atoms with Crippen LogP contribution < -0.4 is 5.32 Å². The first-order chi connectivity index (χ1) is 12.8. The maximum Gasteiger partial charge on any atom is 0.412 e. The predicted molar refractivity (Wildman–Crippen MR) is 90.5 cm³/mol. The Morgan fingerprint density at radius 3 is 2.46 bits per heavy atom. The number of halogens is 6. The molecule has 28 heavy (non-hydrogen) atoms. The van der Waals surface area contributed by atoms with Crippen LogP contribution in [-0.4, -0.2) is 29.4 Å². The summed E-state index contributed by atoms with van der Waals surface area (Å²) in [7, 11) is 0. The summed E-state index contributed by atoms with van der Waals surface area (Å²) in [4.78, 5) is 15.6. The summed E-state index contributed by atoms with van der Waals surface area (Å²) in [6.45, 7) is 9.79. The Morgan fingerprint density at radius 2 is 2.00 bits per heavy atom. The van der Waals surface area contributed by atoms with Crippen molar-refractivity contribution in [1.82, 2.24) is 0 Å². The number of carbonyl (C=O) groups excluding carboxylic acids is 1. The number of alkyl halides is 6. The molecule has 1 aliphatic heterocycles. The fourth-order valence-electron chi connectivity index (χ4n) is 2.49. The number of thioether (sulfide) groups is 1. The highest BCUT2D eigenvalue weighted by Crippen LogP contribution is 2.43. The molecule has 0 spiro atoms. The summed E-state index contributed by atoms with van der Waals surface area (Å²) >= 11 is 1.08. The molecule has 0 aliphatic carbocycles. The second-order valence-corrected chi connectivity index (χ2v) is 7.42. The Labute approximate surface area is 160 Å². The summed E-state index contributed by atoms with van der Waals surface area (Å²) in [5, 5.41) is 8.72. The van der Waals surface area contributed by atoms with Gasteiger partial charge >= 0.3 is 12.4 Å². The van der Waals surface area contributed by atoms with Gasteiger partial charge in [-0.2, -0.15) is 36.6 Å². The monoisotopic (exact) mass is 424 g/mol. The Kier molecular flexibility index (Phi) is 5.98. The van der Waals surface area contributed by atoms with Gasteiger partial charge in [0.25, 0.3) is 5.91 Å². The van der Waals surface area contributed by atoms with Crippen molar-refractivity contribution in [1.29, 1.82) is 0 Å². The Balaban J connectivity index is 2.38. The molecule has 1 N–H and O–H groups in total. The molecular weight excluding hydrogens is 410 g/mol. The van der Waals surface area contributed by atoms with Gasteiger partial charge in [-0.25, -0.2) is 4.85 Å². The van der Waals surface area contributed by atoms with Gasteiger partial charge in [0.2, 0.25) is 5.69 Å². The molecule has 0 bridgehead atoms. The number of hydrogen-bond acceptors (Lipinski definition) is 4. The summed E-state index contributed by atoms with van der Waals surface area (Å²) < 4.78 is 78.0. The molecule has 12 heteroatoms. The normalized spacial score (nSPS) is 22.2. The van der Waals surface area contributed by atoms with Crippen molar-refractivity contribution in [3.63, 3.8) is 0 Å². The smallest absolute Gasteiger partial charge is 0.323 e. The third-order valence-electron chi connectivity index (χ3n) is 3.95. The molecule has 0 fully saturated rings. The van der Waals surface area contributed by atoms with Crippen LogP contribution in [0.5, 0.6) is 0 Å². The zero-order valence-corrected chi connectivity index (χ0v) is 15.4. The molecule has 0 radical (unpaired) electrons. The molecule has 0 saturated heterocycles. The van der Waals surface area contributed by atoms with Gasteiger partial charge in [0.1, 0.15) is 0 Å². The molecular formula is C16H14F6N4OS. The molecule has 5 nitrogen and oxygen atoms in total. The zero-order valence-electron chi connectivity index (χ0n) is 14.6. The van der Waals surface area contributed by atoms with E-state index in [4.69, 9.17) is 6.57 Å². The first-order valence-corrected chi connectivity index (χ1v) is 8.86. The minimum atomic E-state index is -4.84. The van der Waals surface area contributed by atoms with E-state index in [1.165, 1.54) is 0 Å². The minimum absolute atomic E-state index is 0.195. The van der Waals surface area contributed by atoms with Crippen LogP contribution in [0.3, 0.4) is 0 Å². The Hall–Kier alpha value is -2.29. The average Bonchev–Trinajstić information content (AvgIpc) is 2.99. The van der Waals surface area contributed by atoms with Crippen molar-refractivity contribution in [2.24, 2.45) is 10.2 Å². The van der Waals surface area contributed by atoms with Gasteiger partial charge < -0.3 is 5.32 Å². The number of nitrogens with one attached hydrogen (secondary N) is 1. The van der Waals surface area contributed by atoms with Crippen molar-refractivity contribution >= 4 is 29.0 Å². The number of azo groups is 1. The zero-order chi connectivity index (χ0) is 21.3. The molecule has 0 aromatic heterocycles. The Bertz CT molecular complexity index is 845. The summed E-state index contributed by atoms with van der Waals surface area (Å²) in [6, 6.07) is -0.542. The van der Waals surface area contributed by atoms with Gasteiger partial charge in [-0.3, -0.25) is 4.79 Å². The van der Waals surface area contributed by atoms with Crippen LogP contribution in [0.25, 0.3) is 4.85 Å². The van der Waals surface area contributed by atoms with E-state index >= 15 is 0 Å². The van der Waals surface area contributed by atoms with E-state index in [2.05, 4.69) is 20.4 Å². The maximum absolute atomic E-state index is 13.2. The van der Waals surface area contributed by atoms with E-state index in [9.17, 15) is 31.1 Å². The number of rotatable bonds is 4. The van der Waals surface area contributed by atoms with Gasteiger partial charge in [0, 0.05) is 11.3 Å². The highest BCUT2D eigenvalue weighted by Gasteiger charge is 2.51. The van der Waals surface area contributed by atoms with E-state index in [1.54, 1.807) is 6.92 Å². The summed E-state index contributed by atoms with van der Waals surface area (Å²) in [6.07, 6.45) is -10.3. The van der Waals surface area contributed by atoms with Gasteiger partial charge in [-0.15, -0.1) is 11.8 Å². The van der Waals surface area contributed by atoms with E-state index < -0.39 is 47.5 Å². The van der Waals surface area contributed by atoms with E-state index in [0.29, 0.717) is 11.8 Å². The Morgan fingerprint density at radius 1 is 1.36 bits per heavy atom. The highest BCUT2D eigenvalue weighted by molar-refractivity contribution is 7.99. The standard InChI is InChI=1S/C16H14F6N4OS/c1-4-28-11-6-9(23-3)8(15(17,18)19)5-10(11)24-13(27)14(2)7-12(25-26-14)16(20,21)22/h5-6,12H,4,7H2,1-2H3,(H,24,27). The number of anilines is 1. The quantitative estimate of drug-likeness (QED) is 0.374. The SMILES string of the molecule is [C-]#[N+]c1cc(SCC)c(NC(=O)C2(C)CC(C(F)(F)F)N=N2)cc1C(F)(F)F. The molecule has 1 heterocycles. The van der Waals surface area contributed by atoms with Crippen LogP contribution >= 0.6 is 11.8 Å². The molecule has 2 rings (SSSR count). The lowest BCUT2D eigenvalue weighted by molar-refractivity contribution is -0.148. The molecule has 1 aromatic rings. The van der Waals surface area contributed by atoms with E-state index in [-0.39, 0.29) is 10.6 Å². The van der Waals surface area contributed by atoms with E-state index in [0.717, 1.165) is 24.8 Å². The summed E-state index contributed by atoms with van der Waals surface area (Å²) in [5.74, 6) is -0.580. The lowest BCUT2D eigenvalue weighted by atomic mass is 9.94. The van der Waals surface area contributed by atoms with Crippen LogP contribution in [0, 0.1) is 6.57 Å². The van der Waals surface area contributed by atoms with Crippen LogP contribution in [0.4, 0.5) is 37.7 Å². The van der Waals surface area contributed by atoms with Gasteiger partial charge in [-0.05, 0) is 24.8 Å². The third kappa shape index (κ3) is 4.57. The van der Waals surface area contributed by atoms with Crippen LogP contribution in [0.15, 0.2) is 27.3 Å². The maximum atomic E-state index is 13.2. The van der Waals surface area contributed by atoms with Crippen LogP contribution in [-0.2, 0) is 11.0 Å². The van der Waals surface area contributed by atoms with Crippen molar-refractivity contribution in [3.05, 3.63) is 29.1 Å². The molecule has 1 aromatic carbocycles. The van der Waals surface area contributed by atoms with Gasteiger partial charge in [0.05, 0.1) is 17.8 Å². The highest BCUT2D eigenvalue weighted by atomic mass is 32.2. The van der Waals surface area contributed by atoms with Gasteiger partial charge in [0.15, 0.2) is 11.6 Å². The average molecular weight is 424 g/mol. The fourth-order valence-corrected chi connectivity index (χ4v) is 3.26. The van der Waals surface area contributed by atoms with Crippen molar-refractivity contribution in [2.75, 3.05) is 11.1 Å². The largest absolute Gasteiger partial charge is 0.412 e. The number of benzene rings is 1. The minimum Gasteiger partial charge on any atom is -0.323 e. The molecule has 0 saturated carbocycles. The molecule has 1 amide bonds. The lowest BCUT2D eigenvalue weighted by Crippen LogP contribution is -2.40. The second-order valence-electron chi connectivity index (χ2n) is 6.11. The van der Waals surface area contributed by atoms with Gasteiger partial charge in [-0.1, -0.05) is 6.92 Å². The lowest BCUT2D eigenvalue weighted by Gasteiger charge is -2.22. The molecule has 1 aliphatic rings. The summed E-state index contributed by atoms with van der Waals surface area (Å²) in [5.41, 5.74) is -4.00. The molecule has 2 atom stereocenters. The number of hydrogen-bond donors (Lipinski definition) is 1. The fraction of sp³-hybridized carbons (Fsp3) is 0.500. The number of amides is 1. The van der Waals surface area contributed by atoms with E-state index in [1.807, 2.05) is 0 Å². The topological polar surface area (TPSA) is 58.2 Å².